The molecule has 2 rings (SSSR count). The minimum atomic E-state index is -0.126. The van der Waals surface area contributed by atoms with Gasteiger partial charge >= 0.3 is 0 Å². The summed E-state index contributed by atoms with van der Waals surface area (Å²) < 4.78 is 6.08. The third kappa shape index (κ3) is 6.52. The van der Waals surface area contributed by atoms with Crippen molar-refractivity contribution >= 4 is 33.4 Å². The summed E-state index contributed by atoms with van der Waals surface area (Å²) in [4.78, 5) is 23.9. The van der Waals surface area contributed by atoms with Crippen molar-refractivity contribution in [3.05, 3.63) is 58.1 Å². The summed E-state index contributed by atoms with van der Waals surface area (Å²) in [5.74, 6) is 0.584. The van der Waals surface area contributed by atoms with Crippen molar-refractivity contribution < 1.29 is 14.3 Å². The number of hydrogen-bond donors (Lipinski definition) is 2. The molecule has 2 aromatic carbocycles. The van der Waals surface area contributed by atoms with Crippen molar-refractivity contribution in [2.75, 3.05) is 19.0 Å². The predicted molar refractivity (Wildman–Crippen MR) is 106 cm³/mol. The molecule has 0 aliphatic heterocycles. The van der Waals surface area contributed by atoms with Gasteiger partial charge in [0.2, 0.25) is 11.8 Å². The van der Waals surface area contributed by atoms with Crippen molar-refractivity contribution in [1.82, 2.24) is 5.32 Å². The highest BCUT2D eigenvalue weighted by Gasteiger charge is 2.07. The summed E-state index contributed by atoms with van der Waals surface area (Å²) >= 11 is 3.39. The molecule has 0 unspecified atom stereocenters. The minimum Gasteiger partial charge on any atom is -0.497 e. The maximum Gasteiger partial charge on any atom is 0.226 e. The minimum absolute atomic E-state index is 0.0701. The van der Waals surface area contributed by atoms with E-state index in [1.54, 1.807) is 7.11 Å². The maximum absolute atomic E-state index is 12.0. The Balaban J connectivity index is 1.70. The summed E-state index contributed by atoms with van der Waals surface area (Å²) in [6.45, 7) is 2.25. The van der Waals surface area contributed by atoms with Crippen LogP contribution in [0.5, 0.6) is 5.75 Å². The number of amides is 2. The Hall–Kier alpha value is -2.34. The quantitative estimate of drug-likeness (QED) is 0.683. The maximum atomic E-state index is 12.0. The lowest BCUT2D eigenvalue weighted by atomic mass is 10.1. The molecule has 26 heavy (non-hydrogen) atoms. The SMILES string of the molecule is COc1cccc(CCC(=O)NCCC(=O)Nc2cc(Br)ccc2C)c1. The summed E-state index contributed by atoms with van der Waals surface area (Å²) in [6, 6.07) is 13.4. The van der Waals surface area contributed by atoms with Crippen molar-refractivity contribution in [1.29, 1.82) is 0 Å². The molecule has 138 valence electrons. The molecule has 0 bridgehead atoms. The fraction of sp³-hybridized carbons (Fsp3) is 0.300. The number of nitrogens with one attached hydrogen (secondary N) is 2. The Kier molecular flexibility index (Phi) is 7.66. The van der Waals surface area contributed by atoms with Crippen molar-refractivity contribution in [2.24, 2.45) is 0 Å². The number of aryl methyl sites for hydroxylation is 2. The van der Waals surface area contributed by atoms with E-state index in [0.29, 0.717) is 19.4 Å². The predicted octanol–water partition coefficient (Wildman–Crippen LogP) is 3.84. The summed E-state index contributed by atoms with van der Waals surface area (Å²) in [5, 5.41) is 5.65. The van der Waals surface area contributed by atoms with Gasteiger partial charge in [0, 0.05) is 29.5 Å². The van der Waals surface area contributed by atoms with Gasteiger partial charge in [-0.25, -0.2) is 0 Å². The number of anilines is 1. The van der Waals surface area contributed by atoms with E-state index in [2.05, 4.69) is 26.6 Å². The van der Waals surface area contributed by atoms with Gasteiger partial charge in [-0.15, -0.1) is 0 Å². The van der Waals surface area contributed by atoms with Gasteiger partial charge in [0.15, 0.2) is 0 Å². The number of rotatable bonds is 8. The van der Waals surface area contributed by atoms with Gasteiger partial charge in [-0.05, 0) is 48.7 Å². The zero-order valence-corrected chi connectivity index (χ0v) is 16.6. The van der Waals surface area contributed by atoms with Gasteiger partial charge in [0.25, 0.3) is 0 Å². The number of halogens is 1. The topological polar surface area (TPSA) is 67.4 Å². The lowest BCUT2D eigenvalue weighted by Crippen LogP contribution is -2.27. The van der Waals surface area contributed by atoms with Crippen LogP contribution in [0.4, 0.5) is 5.69 Å². The first-order valence-electron chi connectivity index (χ1n) is 8.43. The van der Waals surface area contributed by atoms with Gasteiger partial charge in [-0.2, -0.15) is 0 Å². The molecule has 0 aromatic heterocycles. The summed E-state index contributed by atoms with van der Waals surface area (Å²) in [5.41, 5.74) is 2.81. The van der Waals surface area contributed by atoms with Gasteiger partial charge < -0.3 is 15.4 Å². The van der Waals surface area contributed by atoms with Crippen LogP contribution in [0.15, 0.2) is 46.9 Å². The second-order valence-corrected chi connectivity index (χ2v) is 6.87. The van der Waals surface area contributed by atoms with Gasteiger partial charge in [0.05, 0.1) is 7.11 Å². The van der Waals surface area contributed by atoms with Crippen LogP contribution in [0.25, 0.3) is 0 Å². The molecule has 0 spiro atoms. The van der Waals surface area contributed by atoms with Crippen LogP contribution in [-0.2, 0) is 16.0 Å². The highest BCUT2D eigenvalue weighted by molar-refractivity contribution is 9.10. The highest BCUT2D eigenvalue weighted by Crippen LogP contribution is 2.20. The first-order valence-corrected chi connectivity index (χ1v) is 9.23. The molecule has 6 heteroatoms. The molecule has 0 aliphatic rings. The number of methoxy groups -OCH3 is 1. The molecule has 2 amide bonds. The normalized spacial score (nSPS) is 10.3. The molecule has 0 radical (unpaired) electrons. The van der Waals surface area contributed by atoms with E-state index < -0.39 is 0 Å². The van der Waals surface area contributed by atoms with Crippen molar-refractivity contribution in [3.8, 4) is 5.75 Å². The third-order valence-electron chi connectivity index (χ3n) is 3.92. The second-order valence-electron chi connectivity index (χ2n) is 5.96. The zero-order valence-electron chi connectivity index (χ0n) is 15.0. The van der Waals surface area contributed by atoms with Gasteiger partial charge in [-0.1, -0.05) is 34.1 Å². The van der Waals surface area contributed by atoms with E-state index in [-0.39, 0.29) is 18.2 Å². The number of carbonyl (C=O) groups excluding carboxylic acids is 2. The van der Waals surface area contributed by atoms with Crippen molar-refractivity contribution in [2.45, 2.75) is 26.2 Å². The van der Waals surface area contributed by atoms with Crippen LogP contribution in [0.3, 0.4) is 0 Å². The van der Waals surface area contributed by atoms with E-state index in [1.807, 2.05) is 49.4 Å². The fourth-order valence-electron chi connectivity index (χ4n) is 2.43. The number of hydrogen-bond acceptors (Lipinski definition) is 3. The molecule has 0 saturated carbocycles. The fourth-order valence-corrected chi connectivity index (χ4v) is 2.79. The van der Waals surface area contributed by atoms with E-state index >= 15 is 0 Å². The van der Waals surface area contributed by atoms with Crippen LogP contribution in [0.2, 0.25) is 0 Å². The Morgan fingerprint density at radius 1 is 1.08 bits per heavy atom. The van der Waals surface area contributed by atoms with Crippen molar-refractivity contribution in [3.63, 3.8) is 0 Å². The molecule has 0 saturated heterocycles. The van der Waals surface area contributed by atoms with Crippen LogP contribution >= 0.6 is 15.9 Å². The lowest BCUT2D eigenvalue weighted by Gasteiger charge is -2.10. The van der Waals surface area contributed by atoms with Crippen LogP contribution in [0, 0.1) is 6.92 Å². The molecule has 2 N–H and O–H groups in total. The molecular formula is C20H23BrN2O3. The monoisotopic (exact) mass is 418 g/mol. The zero-order chi connectivity index (χ0) is 18.9. The van der Waals surface area contributed by atoms with Crippen LogP contribution in [0.1, 0.15) is 24.0 Å². The van der Waals surface area contributed by atoms with E-state index in [0.717, 1.165) is 27.0 Å². The Morgan fingerprint density at radius 3 is 2.65 bits per heavy atom. The first kappa shape index (κ1) is 20.0. The molecule has 0 atom stereocenters. The number of carbonyl (C=O) groups is 2. The molecule has 0 heterocycles. The number of ether oxygens (including phenoxy) is 1. The summed E-state index contributed by atoms with van der Waals surface area (Å²) in [6.07, 6.45) is 1.24. The largest absolute Gasteiger partial charge is 0.497 e. The number of benzene rings is 2. The Bertz CT molecular complexity index is 777. The van der Waals surface area contributed by atoms with E-state index in [4.69, 9.17) is 4.74 Å². The third-order valence-corrected chi connectivity index (χ3v) is 4.42. The van der Waals surface area contributed by atoms with Gasteiger partial charge in [0.1, 0.15) is 5.75 Å². The first-order chi connectivity index (χ1) is 12.5. The molecular weight excluding hydrogens is 396 g/mol. The van der Waals surface area contributed by atoms with E-state index in [1.165, 1.54) is 0 Å². The molecule has 0 fully saturated rings. The van der Waals surface area contributed by atoms with E-state index in [9.17, 15) is 9.59 Å². The van der Waals surface area contributed by atoms with Gasteiger partial charge in [-0.3, -0.25) is 9.59 Å². The molecule has 0 aliphatic carbocycles. The second kappa shape index (κ2) is 9.97. The molecule has 5 nitrogen and oxygen atoms in total. The van der Waals surface area contributed by atoms with Crippen LogP contribution in [-0.4, -0.2) is 25.5 Å². The average Bonchev–Trinajstić information content (AvgIpc) is 2.63. The average molecular weight is 419 g/mol. The Morgan fingerprint density at radius 2 is 1.88 bits per heavy atom. The van der Waals surface area contributed by atoms with Crippen LogP contribution < -0.4 is 15.4 Å². The standard InChI is InChI=1S/C20H23BrN2O3/c1-14-6-8-16(21)13-18(14)23-20(25)10-11-22-19(24)9-7-15-4-3-5-17(12-15)26-2/h3-6,8,12-13H,7,9-11H2,1-2H3,(H,22,24)(H,23,25). The lowest BCUT2D eigenvalue weighted by molar-refractivity contribution is -0.121. The smallest absolute Gasteiger partial charge is 0.226 e. The highest BCUT2D eigenvalue weighted by atomic mass is 79.9. The Labute approximate surface area is 162 Å². The summed E-state index contributed by atoms with van der Waals surface area (Å²) in [7, 11) is 1.62. The molecule has 2 aromatic rings.